The Morgan fingerprint density at radius 2 is 1.65 bits per heavy atom. The molecule has 37 heavy (non-hydrogen) atoms. The first-order valence-electron chi connectivity index (χ1n) is 10.4. The van der Waals surface area contributed by atoms with Crippen LogP contribution in [0.5, 0.6) is 0 Å². The number of sulfone groups is 1. The Bertz CT molecular complexity index is 1320. The fraction of sp³-hybridized carbons (Fsp3) is 0.364. The number of hydrogen-bond donors (Lipinski definition) is 2. The van der Waals surface area contributed by atoms with Crippen LogP contribution in [0.25, 0.3) is 0 Å². The molecule has 1 aliphatic carbocycles. The van der Waals surface area contributed by atoms with Gasteiger partial charge in [-0.05, 0) is 48.9 Å². The van der Waals surface area contributed by atoms with Crippen LogP contribution in [-0.4, -0.2) is 48.3 Å². The number of rotatable bonds is 8. The minimum Gasteiger partial charge on any atom is -0.349 e. The first-order valence-corrected chi connectivity index (χ1v) is 14.1. The van der Waals surface area contributed by atoms with E-state index in [1.54, 1.807) is 12.1 Å². The van der Waals surface area contributed by atoms with Gasteiger partial charge in [0.1, 0.15) is 10.1 Å². The van der Waals surface area contributed by atoms with Gasteiger partial charge >= 0.3 is 6.18 Å². The van der Waals surface area contributed by atoms with Gasteiger partial charge in [-0.3, -0.25) is 9.59 Å². The summed E-state index contributed by atoms with van der Waals surface area (Å²) < 4.78 is 59.4. The molecule has 0 spiro atoms. The van der Waals surface area contributed by atoms with Crippen molar-refractivity contribution in [3.63, 3.8) is 0 Å². The normalized spacial score (nSPS) is 19.7. The topological polar surface area (TPSA) is 92.3 Å². The van der Waals surface area contributed by atoms with Crippen molar-refractivity contribution in [3.8, 4) is 0 Å². The standard InChI is InChI=1S/C22H18Cl5F3N2O4S/c1-10(8-37(35,36)9-21(28,29)30)31-19(33)15-7-14(2-3-16(15)25)32-20(34)18-17(22(18,26)27)11-4-12(23)6-13(24)5-11/h2-7,10,17-18H,8-9H2,1H3,(H,31,33)(H,32,34)/t10-,17-,18+/m1/s1. The summed E-state index contributed by atoms with van der Waals surface area (Å²) in [6.07, 6.45) is -4.90. The van der Waals surface area contributed by atoms with Gasteiger partial charge in [-0.2, -0.15) is 13.2 Å². The van der Waals surface area contributed by atoms with Gasteiger partial charge < -0.3 is 10.6 Å². The number of halogens is 8. The molecule has 0 radical (unpaired) electrons. The predicted octanol–water partition coefficient (Wildman–Crippen LogP) is 6.27. The molecule has 0 saturated heterocycles. The van der Waals surface area contributed by atoms with Gasteiger partial charge in [0.15, 0.2) is 9.84 Å². The average molecular weight is 641 g/mol. The number of anilines is 1. The molecule has 2 aromatic carbocycles. The lowest BCUT2D eigenvalue weighted by molar-refractivity contribution is -0.117. The van der Waals surface area contributed by atoms with Crippen LogP contribution in [0, 0.1) is 5.92 Å². The van der Waals surface area contributed by atoms with Crippen LogP contribution < -0.4 is 10.6 Å². The number of benzene rings is 2. The Morgan fingerprint density at radius 1 is 1.05 bits per heavy atom. The van der Waals surface area contributed by atoms with E-state index in [1.807, 2.05) is 0 Å². The molecule has 2 aromatic rings. The van der Waals surface area contributed by atoms with Crippen molar-refractivity contribution in [3.05, 3.63) is 62.6 Å². The summed E-state index contributed by atoms with van der Waals surface area (Å²) in [4.78, 5) is 25.6. The molecular formula is C22H18Cl5F3N2O4S. The number of carbonyl (C=O) groups excluding carboxylic acids is 2. The highest BCUT2D eigenvalue weighted by Crippen LogP contribution is 2.65. The number of amides is 2. The third kappa shape index (κ3) is 7.80. The lowest BCUT2D eigenvalue weighted by Crippen LogP contribution is -2.39. The van der Waals surface area contributed by atoms with E-state index in [4.69, 9.17) is 58.0 Å². The molecule has 1 saturated carbocycles. The van der Waals surface area contributed by atoms with E-state index in [0.717, 1.165) is 0 Å². The number of carbonyl (C=O) groups is 2. The molecule has 15 heteroatoms. The maximum absolute atomic E-state index is 12.9. The fourth-order valence-electron chi connectivity index (χ4n) is 3.85. The summed E-state index contributed by atoms with van der Waals surface area (Å²) in [6, 6.07) is 7.49. The number of nitrogens with one attached hydrogen (secondary N) is 2. The maximum atomic E-state index is 12.9. The van der Waals surface area contributed by atoms with Crippen LogP contribution in [0.1, 0.15) is 28.8 Å². The van der Waals surface area contributed by atoms with Gasteiger partial charge in [0.05, 0.1) is 22.3 Å². The second-order valence-electron chi connectivity index (χ2n) is 8.56. The molecule has 6 nitrogen and oxygen atoms in total. The summed E-state index contributed by atoms with van der Waals surface area (Å²) in [5.41, 5.74) is 0.570. The van der Waals surface area contributed by atoms with Crippen LogP contribution >= 0.6 is 58.0 Å². The Balaban J connectivity index is 1.70. The van der Waals surface area contributed by atoms with Crippen molar-refractivity contribution in [2.75, 3.05) is 16.8 Å². The zero-order valence-corrected chi connectivity index (χ0v) is 23.3. The Morgan fingerprint density at radius 3 is 2.22 bits per heavy atom. The molecule has 0 aromatic heterocycles. The van der Waals surface area contributed by atoms with Crippen LogP contribution in [0.4, 0.5) is 18.9 Å². The monoisotopic (exact) mass is 638 g/mol. The molecule has 3 atom stereocenters. The maximum Gasteiger partial charge on any atom is 0.402 e. The molecule has 202 valence electrons. The fourth-order valence-corrected chi connectivity index (χ4v) is 6.89. The van der Waals surface area contributed by atoms with Gasteiger partial charge in [-0.25, -0.2) is 8.42 Å². The molecule has 0 unspecified atom stereocenters. The largest absolute Gasteiger partial charge is 0.402 e. The van der Waals surface area contributed by atoms with E-state index < -0.39 is 61.5 Å². The van der Waals surface area contributed by atoms with E-state index in [0.29, 0.717) is 15.6 Å². The van der Waals surface area contributed by atoms with Gasteiger partial charge in [-0.15, -0.1) is 23.2 Å². The first kappa shape index (κ1) is 30.1. The minimum absolute atomic E-state index is 0.0391. The van der Waals surface area contributed by atoms with Crippen molar-refractivity contribution in [2.45, 2.75) is 29.4 Å². The number of alkyl halides is 5. The molecule has 3 rings (SSSR count). The summed E-state index contributed by atoms with van der Waals surface area (Å²) >= 11 is 30.8. The second kappa shape index (κ2) is 11.0. The van der Waals surface area contributed by atoms with Crippen molar-refractivity contribution in [1.82, 2.24) is 5.32 Å². The third-order valence-corrected chi connectivity index (χ3v) is 8.80. The zero-order valence-electron chi connectivity index (χ0n) is 18.7. The molecule has 2 N–H and O–H groups in total. The highest BCUT2D eigenvalue weighted by atomic mass is 35.5. The molecule has 0 bridgehead atoms. The molecular weight excluding hydrogens is 623 g/mol. The third-order valence-electron chi connectivity index (χ3n) is 5.32. The molecule has 1 fully saturated rings. The molecule has 1 aliphatic rings. The zero-order chi connectivity index (χ0) is 27.9. The summed E-state index contributed by atoms with van der Waals surface area (Å²) in [6.45, 7) is 1.24. The highest BCUT2D eigenvalue weighted by Gasteiger charge is 2.67. The SMILES string of the molecule is C[C@H](CS(=O)(=O)CC(F)(F)F)NC(=O)c1cc(NC(=O)[C@@H]2[C@@H](c3cc(Cl)cc(Cl)c3)C2(Cl)Cl)ccc1Cl. The van der Waals surface area contributed by atoms with E-state index in [1.165, 1.54) is 31.2 Å². The number of hydrogen-bond acceptors (Lipinski definition) is 4. The van der Waals surface area contributed by atoms with E-state index in [9.17, 15) is 31.2 Å². The minimum atomic E-state index is -4.90. The van der Waals surface area contributed by atoms with Crippen LogP contribution in [0.15, 0.2) is 36.4 Å². The van der Waals surface area contributed by atoms with Crippen LogP contribution in [-0.2, 0) is 14.6 Å². The highest BCUT2D eigenvalue weighted by molar-refractivity contribution is 7.91. The molecule has 2 amide bonds. The summed E-state index contributed by atoms with van der Waals surface area (Å²) in [5.74, 6) is -5.84. The van der Waals surface area contributed by atoms with E-state index >= 15 is 0 Å². The Kier molecular flexibility index (Phi) is 8.94. The van der Waals surface area contributed by atoms with Crippen LogP contribution in [0.2, 0.25) is 15.1 Å². The van der Waals surface area contributed by atoms with E-state index in [-0.39, 0.29) is 16.3 Å². The summed E-state index contributed by atoms with van der Waals surface area (Å²) in [7, 11) is -4.52. The average Bonchev–Trinajstić information content (AvgIpc) is 3.28. The lowest BCUT2D eigenvalue weighted by Gasteiger charge is -2.16. The predicted molar refractivity (Wildman–Crippen MR) is 139 cm³/mol. The molecule has 0 heterocycles. The lowest BCUT2D eigenvalue weighted by atomic mass is 10.1. The van der Waals surface area contributed by atoms with Gasteiger partial charge in [0, 0.05) is 27.7 Å². The molecule has 0 aliphatic heterocycles. The summed E-state index contributed by atoms with van der Waals surface area (Å²) in [5, 5.41) is 5.53. The quantitative estimate of drug-likeness (QED) is 0.333. The van der Waals surface area contributed by atoms with Gasteiger partial charge in [0.25, 0.3) is 5.91 Å². The van der Waals surface area contributed by atoms with Crippen molar-refractivity contribution < 1.29 is 31.2 Å². The Labute approximate surface area is 235 Å². The van der Waals surface area contributed by atoms with Crippen molar-refractivity contribution >= 4 is 85.3 Å². The van der Waals surface area contributed by atoms with Crippen molar-refractivity contribution in [2.24, 2.45) is 5.92 Å². The van der Waals surface area contributed by atoms with Crippen molar-refractivity contribution in [1.29, 1.82) is 0 Å². The van der Waals surface area contributed by atoms with Gasteiger partial charge in [0.2, 0.25) is 5.91 Å². The smallest absolute Gasteiger partial charge is 0.349 e. The Hall–Kier alpha value is -1.43. The van der Waals surface area contributed by atoms with Gasteiger partial charge in [-0.1, -0.05) is 34.8 Å². The first-order chi connectivity index (χ1) is 16.9. The van der Waals surface area contributed by atoms with Crippen LogP contribution in [0.3, 0.4) is 0 Å². The van der Waals surface area contributed by atoms with E-state index in [2.05, 4.69) is 10.6 Å². The second-order valence-corrected chi connectivity index (χ2v) is 13.4.